The number of halogens is 1. The highest BCUT2D eigenvalue weighted by Gasteiger charge is 2.27. The number of nitrogens with zero attached hydrogens (tertiary/aromatic N) is 2. The number of aliphatic hydroxyl groups is 1. The van der Waals surface area contributed by atoms with Gasteiger partial charge in [-0.05, 0) is 62.3 Å². The van der Waals surface area contributed by atoms with Gasteiger partial charge in [0.1, 0.15) is 5.82 Å². The summed E-state index contributed by atoms with van der Waals surface area (Å²) >= 11 is 0. The number of benzene rings is 1. The largest absolute Gasteiger partial charge is 0.396 e. The monoisotopic (exact) mass is 349 g/mol. The molecule has 6 heteroatoms. The van der Waals surface area contributed by atoms with Gasteiger partial charge in [-0.15, -0.1) is 0 Å². The molecule has 2 aliphatic heterocycles. The van der Waals surface area contributed by atoms with Crippen molar-refractivity contribution in [3.63, 3.8) is 0 Å². The Hall–Kier alpha value is -1.82. The van der Waals surface area contributed by atoms with Gasteiger partial charge in [0.2, 0.25) is 0 Å². The second kappa shape index (κ2) is 8.04. The third-order valence-corrected chi connectivity index (χ3v) is 5.31. The number of nitrogens with one attached hydrogen (secondary N) is 1. The fourth-order valence-electron chi connectivity index (χ4n) is 3.95. The van der Waals surface area contributed by atoms with Gasteiger partial charge >= 0.3 is 6.03 Å². The normalized spacial score (nSPS) is 24.3. The molecule has 0 bridgehead atoms. The van der Waals surface area contributed by atoms with Crippen LogP contribution in [0.5, 0.6) is 0 Å². The van der Waals surface area contributed by atoms with E-state index in [-0.39, 0.29) is 30.4 Å². The molecular weight excluding hydrogens is 321 g/mol. The van der Waals surface area contributed by atoms with Gasteiger partial charge in [0.05, 0.1) is 0 Å². The Bertz CT molecular complexity index is 610. The average molecular weight is 349 g/mol. The van der Waals surface area contributed by atoms with Crippen LogP contribution in [0.3, 0.4) is 0 Å². The van der Waals surface area contributed by atoms with Crippen molar-refractivity contribution in [3.8, 4) is 0 Å². The molecule has 25 heavy (non-hydrogen) atoms. The maximum absolute atomic E-state index is 13.3. The van der Waals surface area contributed by atoms with E-state index in [9.17, 15) is 14.3 Å². The van der Waals surface area contributed by atoms with Gasteiger partial charge in [0.15, 0.2) is 0 Å². The molecule has 1 aromatic rings. The van der Waals surface area contributed by atoms with E-state index in [0.717, 1.165) is 56.6 Å². The Morgan fingerprint density at radius 2 is 2.08 bits per heavy atom. The van der Waals surface area contributed by atoms with E-state index < -0.39 is 0 Å². The molecule has 0 radical (unpaired) electrons. The summed E-state index contributed by atoms with van der Waals surface area (Å²) in [6, 6.07) is 4.94. The highest BCUT2D eigenvalue weighted by molar-refractivity contribution is 5.74. The Morgan fingerprint density at radius 1 is 1.28 bits per heavy atom. The molecule has 2 aliphatic rings. The highest BCUT2D eigenvalue weighted by atomic mass is 19.1. The second-order valence-electron chi connectivity index (χ2n) is 7.30. The first-order chi connectivity index (χ1) is 12.1. The molecule has 3 rings (SSSR count). The fraction of sp³-hybridized carbons (Fsp3) is 0.632. The molecule has 1 aromatic carbocycles. The Balaban J connectivity index is 1.59. The number of anilines is 1. The fourth-order valence-corrected chi connectivity index (χ4v) is 3.95. The summed E-state index contributed by atoms with van der Waals surface area (Å²) in [5.74, 6) is -0.0177. The SMILES string of the molecule is Cc1cc(F)ccc1N1CCCC(NC(=O)N2CCCC(CO)C2)C1. The standard InChI is InChI=1S/C19H28FN3O2/c1-14-10-16(20)6-7-18(14)22-8-3-5-17(12-22)21-19(25)23-9-2-4-15(11-23)13-24/h6-7,10,15,17,24H,2-5,8-9,11-13H2,1H3,(H,21,25). The van der Waals surface area contributed by atoms with Crippen LogP contribution in [-0.2, 0) is 0 Å². The number of carbonyl (C=O) groups excluding carboxylic acids is 1. The lowest BCUT2D eigenvalue weighted by molar-refractivity contribution is 0.127. The third-order valence-electron chi connectivity index (χ3n) is 5.31. The summed E-state index contributed by atoms with van der Waals surface area (Å²) in [5.41, 5.74) is 1.97. The lowest BCUT2D eigenvalue weighted by Crippen LogP contribution is -2.53. The predicted octanol–water partition coefficient (Wildman–Crippen LogP) is 2.52. The minimum absolute atomic E-state index is 0.0270. The number of rotatable bonds is 3. The molecule has 0 spiro atoms. The molecular formula is C19H28FN3O2. The van der Waals surface area contributed by atoms with Gasteiger partial charge in [-0.1, -0.05) is 0 Å². The minimum atomic E-state index is -0.216. The number of hydrogen-bond acceptors (Lipinski definition) is 3. The van der Waals surface area contributed by atoms with E-state index in [1.54, 1.807) is 6.07 Å². The number of amides is 2. The predicted molar refractivity (Wildman–Crippen MR) is 96.3 cm³/mol. The molecule has 2 amide bonds. The van der Waals surface area contributed by atoms with Crippen LogP contribution < -0.4 is 10.2 Å². The first-order valence-corrected chi connectivity index (χ1v) is 9.24. The molecule has 5 nitrogen and oxygen atoms in total. The third kappa shape index (κ3) is 4.42. The van der Waals surface area contributed by atoms with E-state index in [4.69, 9.17) is 0 Å². The van der Waals surface area contributed by atoms with Crippen LogP contribution in [0.25, 0.3) is 0 Å². The van der Waals surface area contributed by atoms with Crippen molar-refractivity contribution in [1.82, 2.24) is 10.2 Å². The topological polar surface area (TPSA) is 55.8 Å². The molecule has 2 unspecified atom stereocenters. The zero-order valence-corrected chi connectivity index (χ0v) is 14.9. The first kappa shape index (κ1) is 18.0. The van der Waals surface area contributed by atoms with Crippen molar-refractivity contribution >= 4 is 11.7 Å². The summed E-state index contributed by atoms with van der Waals surface area (Å²) in [4.78, 5) is 16.6. The smallest absolute Gasteiger partial charge is 0.317 e. The van der Waals surface area contributed by atoms with Crippen molar-refractivity contribution in [3.05, 3.63) is 29.6 Å². The number of carbonyl (C=O) groups is 1. The molecule has 2 fully saturated rings. The van der Waals surface area contributed by atoms with Crippen LogP contribution in [0.1, 0.15) is 31.2 Å². The maximum atomic E-state index is 13.3. The molecule has 138 valence electrons. The van der Waals surface area contributed by atoms with Crippen LogP contribution in [0.15, 0.2) is 18.2 Å². The lowest BCUT2D eigenvalue weighted by Gasteiger charge is -2.38. The van der Waals surface area contributed by atoms with Crippen molar-refractivity contribution in [2.75, 3.05) is 37.7 Å². The van der Waals surface area contributed by atoms with Crippen LogP contribution >= 0.6 is 0 Å². The highest BCUT2D eigenvalue weighted by Crippen LogP contribution is 2.25. The van der Waals surface area contributed by atoms with Gasteiger partial charge < -0.3 is 20.2 Å². The molecule has 2 heterocycles. The van der Waals surface area contributed by atoms with Crippen molar-refractivity contribution in [1.29, 1.82) is 0 Å². The molecule has 2 atom stereocenters. The van der Waals surface area contributed by atoms with Gasteiger partial charge in [-0.3, -0.25) is 0 Å². The first-order valence-electron chi connectivity index (χ1n) is 9.24. The summed E-state index contributed by atoms with van der Waals surface area (Å²) in [6.45, 7) is 5.13. The number of aryl methyl sites for hydroxylation is 1. The van der Waals surface area contributed by atoms with Gasteiger partial charge in [0.25, 0.3) is 0 Å². The molecule has 0 aliphatic carbocycles. The van der Waals surface area contributed by atoms with Crippen LogP contribution in [0, 0.1) is 18.7 Å². The maximum Gasteiger partial charge on any atom is 0.317 e. The average Bonchev–Trinajstić information content (AvgIpc) is 2.62. The zero-order valence-electron chi connectivity index (χ0n) is 14.9. The molecule has 0 aromatic heterocycles. The van der Waals surface area contributed by atoms with E-state index >= 15 is 0 Å². The quantitative estimate of drug-likeness (QED) is 0.882. The van der Waals surface area contributed by atoms with E-state index in [1.807, 2.05) is 17.9 Å². The second-order valence-corrected chi connectivity index (χ2v) is 7.30. The molecule has 2 N–H and O–H groups in total. The summed E-state index contributed by atoms with van der Waals surface area (Å²) in [7, 11) is 0. The summed E-state index contributed by atoms with van der Waals surface area (Å²) in [6.07, 6.45) is 3.90. The van der Waals surface area contributed by atoms with Crippen LogP contribution in [0.2, 0.25) is 0 Å². The summed E-state index contributed by atoms with van der Waals surface area (Å²) in [5, 5.41) is 12.5. The number of likely N-dealkylation sites (tertiary alicyclic amines) is 1. The lowest BCUT2D eigenvalue weighted by atomic mass is 9.99. The minimum Gasteiger partial charge on any atom is -0.396 e. The van der Waals surface area contributed by atoms with Gasteiger partial charge in [-0.25, -0.2) is 9.18 Å². The number of piperidine rings is 2. The Morgan fingerprint density at radius 3 is 2.84 bits per heavy atom. The van der Waals surface area contributed by atoms with Crippen molar-refractivity contribution < 1.29 is 14.3 Å². The van der Waals surface area contributed by atoms with E-state index in [2.05, 4.69) is 10.2 Å². The van der Waals surface area contributed by atoms with Gasteiger partial charge in [-0.2, -0.15) is 0 Å². The zero-order chi connectivity index (χ0) is 17.8. The molecule has 0 saturated carbocycles. The summed E-state index contributed by atoms with van der Waals surface area (Å²) < 4.78 is 13.3. The number of hydrogen-bond donors (Lipinski definition) is 2. The van der Waals surface area contributed by atoms with E-state index in [1.165, 1.54) is 6.07 Å². The van der Waals surface area contributed by atoms with Crippen molar-refractivity contribution in [2.45, 2.75) is 38.6 Å². The van der Waals surface area contributed by atoms with Crippen LogP contribution in [-0.4, -0.2) is 54.9 Å². The van der Waals surface area contributed by atoms with Crippen molar-refractivity contribution in [2.24, 2.45) is 5.92 Å². The van der Waals surface area contributed by atoms with E-state index in [0.29, 0.717) is 6.54 Å². The Kier molecular flexibility index (Phi) is 5.78. The Labute approximate surface area is 148 Å². The van der Waals surface area contributed by atoms with Gasteiger partial charge in [0, 0.05) is 44.5 Å². The molecule has 2 saturated heterocycles. The number of urea groups is 1. The van der Waals surface area contributed by atoms with Crippen LogP contribution in [0.4, 0.5) is 14.9 Å². The number of aliphatic hydroxyl groups excluding tert-OH is 1.